The molecule has 0 N–H and O–H groups in total. The highest BCUT2D eigenvalue weighted by atomic mass is 32.2. The summed E-state index contributed by atoms with van der Waals surface area (Å²) in [7, 11) is 2.04. The van der Waals surface area contributed by atoms with E-state index in [1.807, 2.05) is 52.6 Å². The number of rotatable bonds is 6. The number of carbonyl (C=O) groups is 2. The van der Waals surface area contributed by atoms with Gasteiger partial charge in [0.1, 0.15) is 12.4 Å². The average molecular weight is 521 g/mol. The fraction of sp³-hybridized carbons (Fsp3) is 0.321. The molecule has 192 valence electrons. The third kappa shape index (κ3) is 5.33. The molecular formula is C28H29FN4O3S. The molecule has 3 aliphatic rings. The molecular weight excluding hydrogens is 491 g/mol. The number of likely N-dealkylation sites (N-methyl/N-ethyl adjacent to an activating group) is 1. The van der Waals surface area contributed by atoms with Crippen molar-refractivity contribution in [3.05, 3.63) is 93.9 Å². The number of thioether (sulfide) groups is 1. The van der Waals surface area contributed by atoms with Crippen LogP contribution in [0.2, 0.25) is 0 Å². The maximum absolute atomic E-state index is 15.2. The highest BCUT2D eigenvalue weighted by molar-refractivity contribution is 8.16. The third-order valence-electron chi connectivity index (χ3n) is 6.82. The average Bonchev–Trinajstić information content (AvgIpc) is 3.29. The van der Waals surface area contributed by atoms with Gasteiger partial charge in [-0.1, -0.05) is 60.3 Å². The van der Waals surface area contributed by atoms with Crippen molar-refractivity contribution in [2.45, 2.75) is 26.0 Å². The van der Waals surface area contributed by atoms with Crippen molar-refractivity contribution in [1.29, 1.82) is 0 Å². The molecule has 0 bridgehead atoms. The van der Waals surface area contributed by atoms with Gasteiger partial charge in [-0.2, -0.15) is 0 Å². The first-order valence-corrected chi connectivity index (χ1v) is 13.2. The molecule has 1 amide bonds. The van der Waals surface area contributed by atoms with Gasteiger partial charge in [-0.25, -0.2) is 14.2 Å². The summed E-state index contributed by atoms with van der Waals surface area (Å²) in [5.41, 5.74) is 2.63. The van der Waals surface area contributed by atoms with E-state index in [1.165, 1.54) is 17.8 Å². The molecule has 2 aromatic carbocycles. The minimum absolute atomic E-state index is 0.00737. The number of hydrogen-bond donors (Lipinski definition) is 0. The molecule has 3 aliphatic heterocycles. The second-order valence-electron chi connectivity index (χ2n) is 9.34. The zero-order chi connectivity index (χ0) is 25.9. The Kier molecular flexibility index (Phi) is 7.43. The Labute approximate surface area is 220 Å². The van der Waals surface area contributed by atoms with Gasteiger partial charge in [-0.15, -0.1) is 0 Å². The molecule has 9 heteroatoms. The number of nitrogens with zero attached hydrogens (tertiary/aromatic N) is 4. The molecule has 0 spiro atoms. The maximum atomic E-state index is 15.2. The largest absolute Gasteiger partial charge is 0.457 e. The summed E-state index contributed by atoms with van der Waals surface area (Å²) in [6.07, 6.45) is 0.145. The zero-order valence-corrected chi connectivity index (χ0v) is 21.7. The lowest BCUT2D eigenvalue weighted by Crippen LogP contribution is -2.47. The Morgan fingerprint density at radius 3 is 2.49 bits per heavy atom. The molecule has 0 aromatic heterocycles. The lowest BCUT2D eigenvalue weighted by Gasteiger charge is -2.37. The molecule has 0 aliphatic carbocycles. The number of aliphatic imine (C=N–C) groups is 1. The van der Waals surface area contributed by atoms with Crippen LogP contribution in [0.4, 0.5) is 4.39 Å². The van der Waals surface area contributed by atoms with E-state index < -0.39 is 17.8 Å². The Hall–Kier alpha value is -3.43. The topological polar surface area (TPSA) is 65.5 Å². The van der Waals surface area contributed by atoms with Crippen LogP contribution in [-0.4, -0.2) is 65.0 Å². The van der Waals surface area contributed by atoms with Crippen LogP contribution in [0.25, 0.3) is 0 Å². The summed E-state index contributed by atoms with van der Waals surface area (Å²) in [6.45, 7) is 4.83. The predicted molar refractivity (Wildman–Crippen MR) is 142 cm³/mol. The number of fused-ring (bicyclic) bond motifs is 1. The summed E-state index contributed by atoms with van der Waals surface area (Å²) in [6, 6.07) is 15.0. The van der Waals surface area contributed by atoms with E-state index in [0.717, 1.165) is 18.7 Å². The molecule has 3 heterocycles. The van der Waals surface area contributed by atoms with Crippen LogP contribution in [0.1, 0.15) is 30.5 Å². The fourth-order valence-corrected chi connectivity index (χ4v) is 5.71. The molecule has 1 atom stereocenters. The number of esters is 1. The Morgan fingerprint density at radius 1 is 1.05 bits per heavy atom. The van der Waals surface area contributed by atoms with Gasteiger partial charge in [0.15, 0.2) is 5.17 Å². The van der Waals surface area contributed by atoms with E-state index in [2.05, 4.69) is 9.89 Å². The molecule has 7 nitrogen and oxygen atoms in total. The number of ether oxygens (including phenoxy) is 1. The van der Waals surface area contributed by atoms with E-state index in [-0.39, 0.29) is 24.5 Å². The smallest absolute Gasteiger partial charge is 0.338 e. The minimum Gasteiger partial charge on any atom is -0.457 e. The summed E-state index contributed by atoms with van der Waals surface area (Å²) in [4.78, 5) is 37.2. The van der Waals surface area contributed by atoms with Crippen molar-refractivity contribution in [3.8, 4) is 0 Å². The maximum Gasteiger partial charge on any atom is 0.338 e. The van der Waals surface area contributed by atoms with E-state index >= 15 is 4.39 Å². The number of amidine groups is 1. The third-order valence-corrected chi connectivity index (χ3v) is 7.71. The lowest BCUT2D eigenvalue weighted by molar-refractivity contribution is -0.141. The first kappa shape index (κ1) is 25.2. The van der Waals surface area contributed by atoms with Gasteiger partial charge >= 0.3 is 5.97 Å². The van der Waals surface area contributed by atoms with Crippen molar-refractivity contribution >= 4 is 28.8 Å². The van der Waals surface area contributed by atoms with E-state index in [0.29, 0.717) is 35.2 Å². The van der Waals surface area contributed by atoms with Gasteiger partial charge in [0.05, 0.1) is 23.7 Å². The number of benzene rings is 2. The van der Waals surface area contributed by atoms with Gasteiger partial charge in [-0.05, 0) is 31.0 Å². The zero-order valence-electron chi connectivity index (χ0n) is 20.9. The van der Waals surface area contributed by atoms with Crippen LogP contribution < -0.4 is 0 Å². The summed E-state index contributed by atoms with van der Waals surface area (Å²) < 4.78 is 20.9. The standard InChI is InChI=1S/C28H29FN4O3S/c1-19-25(27(35)36-17-20-8-4-3-5-9-20)26(22-10-6-7-11-23(22)29)33-21(18-37-28(33)30-19)16-24(34)32-14-12-31(2)13-15-32/h3-11,18,26H,12-17H2,1-2H3/t26-/m0/s1. The number of amides is 1. The second kappa shape index (κ2) is 10.9. The highest BCUT2D eigenvalue weighted by Gasteiger charge is 2.42. The molecule has 37 heavy (non-hydrogen) atoms. The van der Waals surface area contributed by atoms with Crippen molar-refractivity contribution < 1.29 is 18.7 Å². The van der Waals surface area contributed by atoms with Crippen molar-refractivity contribution in [3.63, 3.8) is 0 Å². The normalized spacial score (nSPS) is 19.9. The van der Waals surface area contributed by atoms with Crippen LogP contribution in [0.15, 0.2) is 82.0 Å². The number of allylic oxidation sites excluding steroid dienone is 1. The predicted octanol–water partition coefficient (Wildman–Crippen LogP) is 4.31. The first-order chi connectivity index (χ1) is 17.9. The molecule has 1 saturated heterocycles. The number of halogens is 1. The molecule has 0 unspecified atom stereocenters. The fourth-order valence-electron chi connectivity index (χ4n) is 4.75. The van der Waals surface area contributed by atoms with Crippen LogP contribution in [0, 0.1) is 5.82 Å². The molecule has 0 saturated carbocycles. The quantitative estimate of drug-likeness (QED) is 0.529. The van der Waals surface area contributed by atoms with Crippen molar-refractivity contribution in [2.75, 3.05) is 33.2 Å². The molecule has 5 rings (SSSR count). The highest BCUT2D eigenvalue weighted by Crippen LogP contribution is 2.45. The van der Waals surface area contributed by atoms with Crippen molar-refractivity contribution in [2.24, 2.45) is 4.99 Å². The van der Waals surface area contributed by atoms with Gasteiger partial charge in [0, 0.05) is 37.4 Å². The van der Waals surface area contributed by atoms with Gasteiger partial charge in [-0.3, -0.25) is 4.79 Å². The van der Waals surface area contributed by atoms with E-state index in [1.54, 1.807) is 25.1 Å². The molecule has 2 aromatic rings. The Morgan fingerprint density at radius 2 is 1.76 bits per heavy atom. The SMILES string of the molecule is CC1=C(C(=O)OCc2ccccc2)[C@H](c2ccccc2F)N2C(CC(=O)N3CCN(C)CC3)=CSC2=N1. The van der Waals surface area contributed by atoms with Crippen LogP contribution in [0.3, 0.4) is 0 Å². The molecule has 1 fully saturated rings. The summed E-state index contributed by atoms with van der Waals surface area (Å²) >= 11 is 1.38. The van der Waals surface area contributed by atoms with Gasteiger partial charge < -0.3 is 19.4 Å². The van der Waals surface area contributed by atoms with Crippen LogP contribution in [0.5, 0.6) is 0 Å². The number of hydrogen-bond acceptors (Lipinski definition) is 7. The minimum atomic E-state index is -0.793. The second-order valence-corrected chi connectivity index (χ2v) is 10.2. The van der Waals surface area contributed by atoms with Crippen molar-refractivity contribution in [1.82, 2.24) is 14.7 Å². The number of carbonyl (C=O) groups excluding carboxylic acids is 2. The van der Waals surface area contributed by atoms with Crippen LogP contribution in [-0.2, 0) is 20.9 Å². The van der Waals surface area contributed by atoms with Gasteiger partial charge in [0.2, 0.25) is 5.91 Å². The number of piperazine rings is 1. The lowest BCUT2D eigenvalue weighted by atomic mass is 9.93. The first-order valence-electron chi connectivity index (χ1n) is 12.3. The summed E-state index contributed by atoms with van der Waals surface area (Å²) in [5.74, 6) is -0.983. The van der Waals surface area contributed by atoms with Gasteiger partial charge in [0.25, 0.3) is 0 Å². The Bertz CT molecular complexity index is 1290. The van der Waals surface area contributed by atoms with E-state index in [9.17, 15) is 9.59 Å². The van der Waals surface area contributed by atoms with E-state index in [4.69, 9.17) is 4.74 Å². The van der Waals surface area contributed by atoms with Crippen LogP contribution >= 0.6 is 11.8 Å². The summed E-state index contributed by atoms with van der Waals surface area (Å²) in [5, 5.41) is 2.50. The molecule has 0 radical (unpaired) electrons. The Balaban J connectivity index is 1.44. The monoisotopic (exact) mass is 520 g/mol.